The van der Waals surface area contributed by atoms with Gasteiger partial charge in [-0.15, -0.1) is 0 Å². The van der Waals surface area contributed by atoms with Crippen LogP contribution in [0.15, 0.2) is 55.4 Å². The van der Waals surface area contributed by atoms with Gasteiger partial charge in [0.05, 0.1) is 12.1 Å². The van der Waals surface area contributed by atoms with Crippen molar-refractivity contribution in [3.8, 4) is 0 Å². The summed E-state index contributed by atoms with van der Waals surface area (Å²) < 4.78 is 7.79. The van der Waals surface area contributed by atoms with Gasteiger partial charge < -0.3 is 10.1 Å². The van der Waals surface area contributed by atoms with E-state index in [2.05, 4.69) is 54.0 Å². The molecule has 0 aliphatic rings. The summed E-state index contributed by atoms with van der Waals surface area (Å²) in [5.41, 5.74) is 4.09. The van der Waals surface area contributed by atoms with E-state index in [1.807, 2.05) is 39.0 Å². The lowest BCUT2D eigenvalue weighted by Crippen LogP contribution is -2.41. The fourth-order valence-corrected chi connectivity index (χ4v) is 4.66. The Hall–Kier alpha value is -2.62. The molecule has 0 spiro atoms. The highest BCUT2D eigenvalue weighted by molar-refractivity contribution is 5.69. The number of rotatable bonds is 18. The highest BCUT2D eigenvalue weighted by atomic mass is 16.5. The number of benzene rings is 1. The number of aryl methyl sites for hydroxylation is 2. The highest BCUT2D eigenvalue weighted by Gasteiger charge is 2.23. The van der Waals surface area contributed by atoms with E-state index >= 15 is 0 Å². The zero-order valence-corrected chi connectivity index (χ0v) is 24.0. The van der Waals surface area contributed by atoms with Gasteiger partial charge in [0.2, 0.25) is 0 Å². The fraction of sp³-hybridized carbons (Fsp3) is 0.576. The molecule has 0 saturated heterocycles. The number of nitrogens with zero attached hydrogens (tertiary/aromatic N) is 1. The van der Waals surface area contributed by atoms with Crippen molar-refractivity contribution >= 4 is 11.7 Å². The third-order valence-corrected chi connectivity index (χ3v) is 6.99. The van der Waals surface area contributed by atoms with Crippen LogP contribution < -0.4 is 9.88 Å². The first-order valence-electron chi connectivity index (χ1n) is 14.5. The average Bonchev–Trinajstić information content (AvgIpc) is 2.87. The number of unbranched alkanes of at least 4 members (excludes halogenated alkanes) is 9. The Morgan fingerprint density at radius 1 is 0.946 bits per heavy atom. The summed E-state index contributed by atoms with van der Waals surface area (Å²) in [7, 11) is 0. The van der Waals surface area contributed by atoms with E-state index in [4.69, 9.17) is 4.74 Å². The van der Waals surface area contributed by atoms with Crippen molar-refractivity contribution < 1.29 is 14.1 Å². The molecule has 2 aromatic rings. The molecule has 0 aliphatic heterocycles. The van der Waals surface area contributed by atoms with Crippen molar-refractivity contribution in [3.63, 3.8) is 0 Å². The minimum absolute atomic E-state index is 0.349. The molecule has 0 aliphatic carbocycles. The Kier molecular flexibility index (Phi) is 14.1. The summed E-state index contributed by atoms with van der Waals surface area (Å²) in [5.74, 6) is 0. The summed E-state index contributed by atoms with van der Waals surface area (Å²) in [5, 5.41) is 3.00. The molecule has 1 amide bonds. The molecule has 1 aromatic heterocycles. The summed E-state index contributed by atoms with van der Waals surface area (Å²) in [6, 6.07) is 12.6. The quantitative estimate of drug-likeness (QED) is 0.162. The van der Waals surface area contributed by atoms with Crippen LogP contribution in [0.5, 0.6) is 0 Å². The second kappa shape index (κ2) is 17.0. The van der Waals surface area contributed by atoms with Crippen molar-refractivity contribution in [2.24, 2.45) is 0 Å². The van der Waals surface area contributed by atoms with Crippen LogP contribution in [0.4, 0.5) is 4.79 Å². The van der Waals surface area contributed by atoms with Crippen molar-refractivity contribution in [2.75, 3.05) is 6.61 Å². The third kappa shape index (κ3) is 12.5. The topological polar surface area (TPSA) is 42.2 Å². The summed E-state index contributed by atoms with van der Waals surface area (Å²) >= 11 is 0. The van der Waals surface area contributed by atoms with Crippen LogP contribution in [0.2, 0.25) is 0 Å². The molecule has 0 radical (unpaired) electrons. The Morgan fingerprint density at radius 2 is 1.59 bits per heavy atom. The van der Waals surface area contributed by atoms with E-state index in [1.165, 1.54) is 69.8 Å². The van der Waals surface area contributed by atoms with E-state index in [0.717, 1.165) is 36.1 Å². The van der Waals surface area contributed by atoms with Crippen LogP contribution in [0.1, 0.15) is 115 Å². The van der Waals surface area contributed by atoms with Crippen molar-refractivity contribution in [3.05, 3.63) is 72.1 Å². The third-order valence-electron chi connectivity index (χ3n) is 6.99. The standard InChI is InChI=1S/C33H50N2O2/c1-6-19-29-20-18-24-35(27-29)23-15-13-11-9-7-8-10-12-14-16-25-37-32(36)34-33(4,5)31-22-17-21-30(26-31)28(2)3/h17-18,20-22,24,26-27H,2,6-16,19,23,25H2,1,3-5H3/p+1. The van der Waals surface area contributed by atoms with Gasteiger partial charge in [0.15, 0.2) is 12.4 Å². The Balaban J connectivity index is 1.45. The number of carbonyl (C=O) groups excluding carboxylic acids is 1. The zero-order chi connectivity index (χ0) is 26.9. The van der Waals surface area contributed by atoms with E-state index < -0.39 is 5.54 Å². The van der Waals surface area contributed by atoms with Crippen molar-refractivity contribution in [1.29, 1.82) is 0 Å². The molecule has 2 rings (SSSR count). The number of aromatic nitrogens is 1. The number of allylic oxidation sites excluding steroid dienone is 1. The average molecular weight is 508 g/mol. The molecule has 37 heavy (non-hydrogen) atoms. The van der Waals surface area contributed by atoms with Gasteiger partial charge in [0, 0.05) is 18.1 Å². The molecule has 0 atom stereocenters. The van der Waals surface area contributed by atoms with Gasteiger partial charge in [-0.25, -0.2) is 9.36 Å². The number of hydrogen-bond donors (Lipinski definition) is 1. The first kappa shape index (κ1) is 30.6. The lowest BCUT2D eigenvalue weighted by atomic mass is 9.92. The van der Waals surface area contributed by atoms with Crippen LogP contribution in [-0.4, -0.2) is 12.7 Å². The van der Waals surface area contributed by atoms with E-state index in [1.54, 1.807) is 0 Å². The Morgan fingerprint density at radius 3 is 2.24 bits per heavy atom. The number of pyridine rings is 1. The Bertz CT molecular complexity index is 951. The second-order valence-corrected chi connectivity index (χ2v) is 11.0. The number of alkyl carbamates (subject to hydrolysis) is 1. The van der Waals surface area contributed by atoms with Crippen LogP contribution in [0.25, 0.3) is 5.57 Å². The van der Waals surface area contributed by atoms with Gasteiger partial charge in [-0.2, -0.15) is 0 Å². The molecule has 0 fully saturated rings. The number of carbonyl (C=O) groups is 1. The van der Waals surface area contributed by atoms with Gasteiger partial charge in [-0.1, -0.05) is 88.6 Å². The molecule has 0 bridgehead atoms. The molecule has 4 heteroatoms. The maximum atomic E-state index is 12.3. The highest BCUT2D eigenvalue weighted by Crippen LogP contribution is 2.23. The molecule has 204 valence electrons. The number of hydrogen-bond acceptors (Lipinski definition) is 2. The monoisotopic (exact) mass is 507 g/mol. The number of nitrogens with one attached hydrogen (secondary N) is 1. The fourth-order valence-electron chi connectivity index (χ4n) is 4.66. The first-order chi connectivity index (χ1) is 17.8. The summed E-state index contributed by atoms with van der Waals surface area (Å²) in [6.45, 7) is 13.8. The Labute approximate surface area is 226 Å². The SMILES string of the molecule is C=C(C)c1cccc(C(C)(C)NC(=O)OCCCCCCCCCCCC[n+]2cccc(CCC)c2)c1. The largest absolute Gasteiger partial charge is 0.450 e. The predicted octanol–water partition coefficient (Wildman–Crippen LogP) is 8.52. The minimum Gasteiger partial charge on any atom is -0.450 e. The summed E-state index contributed by atoms with van der Waals surface area (Å²) in [4.78, 5) is 12.3. The van der Waals surface area contributed by atoms with Gasteiger partial charge in [0.25, 0.3) is 0 Å². The van der Waals surface area contributed by atoms with Gasteiger partial charge in [-0.05, 0) is 63.3 Å². The van der Waals surface area contributed by atoms with Gasteiger partial charge >= 0.3 is 6.09 Å². The lowest BCUT2D eigenvalue weighted by Gasteiger charge is -2.27. The van der Waals surface area contributed by atoms with Gasteiger partial charge in [0.1, 0.15) is 6.54 Å². The van der Waals surface area contributed by atoms with Gasteiger partial charge in [-0.3, -0.25) is 0 Å². The normalized spacial score (nSPS) is 11.4. The molecule has 0 saturated carbocycles. The predicted molar refractivity (Wildman–Crippen MR) is 155 cm³/mol. The van der Waals surface area contributed by atoms with Crippen LogP contribution >= 0.6 is 0 Å². The van der Waals surface area contributed by atoms with E-state index in [9.17, 15) is 4.79 Å². The van der Waals surface area contributed by atoms with E-state index in [0.29, 0.717) is 6.61 Å². The smallest absolute Gasteiger partial charge is 0.407 e. The van der Waals surface area contributed by atoms with Crippen molar-refractivity contribution in [1.82, 2.24) is 5.32 Å². The molecule has 1 aromatic carbocycles. The number of amides is 1. The summed E-state index contributed by atoms with van der Waals surface area (Å²) in [6.07, 6.45) is 19.0. The number of ether oxygens (including phenoxy) is 1. The van der Waals surface area contributed by atoms with Crippen molar-refractivity contribution in [2.45, 2.75) is 117 Å². The van der Waals surface area contributed by atoms with Crippen LogP contribution in [-0.2, 0) is 23.2 Å². The lowest BCUT2D eigenvalue weighted by molar-refractivity contribution is -0.697. The minimum atomic E-state index is -0.499. The first-order valence-corrected chi connectivity index (χ1v) is 14.5. The molecular formula is C33H51N2O2+. The molecule has 1 N–H and O–H groups in total. The molecular weight excluding hydrogens is 456 g/mol. The zero-order valence-electron chi connectivity index (χ0n) is 24.0. The van der Waals surface area contributed by atoms with Crippen LogP contribution in [0, 0.1) is 0 Å². The second-order valence-electron chi connectivity index (χ2n) is 11.0. The molecule has 4 nitrogen and oxygen atoms in total. The van der Waals surface area contributed by atoms with Crippen LogP contribution in [0.3, 0.4) is 0 Å². The molecule has 1 heterocycles. The van der Waals surface area contributed by atoms with E-state index in [-0.39, 0.29) is 6.09 Å². The maximum Gasteiger partial charge on any atom is 0.407 e. The molecule has 0 unspecified atom stereocenters. The maximum absolute atomic E-state index is 12.3.